The number of nitro groups is 1. The first-order valence-electron chi connectivity index (χ1n) is 7.02. The highest BCUT2D eigenvalue weighted by Gasteiger charge is 2.09. The molecule has 2 N–H and O–H groups in total. The fourth-order valence-corrected chi connectivity index (χ4v) is 1.74. The lowest BCUT2D eigenvalue weighted by molar-refractivity contribution is -0.384. The minimum Gasteiger partial charge on any atom is -0.385 e. The molecule has 0 aliphatic carbocycles. The maximum Gasteiger partial charge on any atom is 0.273 e. The van der Waals surface area contributed by atoms with Crippen molar-refractivity contribution in [1.29, 1.82) is 0 Å². The van der Waals surface area contributed by atoms with Crippen molar-refractivity contribution in [2.24, 2.45) is 0 Å². The van der Waals surface area contributed by atoms with Gasteiger partial charge < -0.3 is 15.4 Å². The number of anilines is 2. The Morgan fingerprint density at radius 1 is 1.15 bits per heavy atom. The van der Waals surface area contributed by atoms with E-state index in [1.54, 1.807) is 0 Å². The quantitative estimate of drug-likeness (QED) is 0.391. The van der Waals surface area contributed by atoms with Crippen molar-refractivity contribution in [3.63, 3.8) is 0 Å². The number of non-ortho nitro benzene ring substituents is 1. The van der Waals surface area contributed by atoms with E-state index in [9.17, 15) is 10.1 Å². The van der Waals surface area contributed by atoms with Crippen LogP contribution < -0.4 is 10.6 Å². The van der Waals surface area contributed by atoms with E-state index >= 15 is 0 Å². The molecule has 112 valence electrons. The lowest BCUT2D eigenvalue weighted by atomic mass is 10.2. The predicted molar refractivity (Wildman–Crippen MR) is 81.5 cm³/mol. The van der Waals surface area contributed by atoms with Crippen molar-refractivity contribution in [3.8, 4) is 0 Å². The van der Waals surface area contributed by atoms with Gasteiger partial charge in [0.05, 0.1) is 11.5 Å². The maximum absolute atomic E-state index is 10.9. The van der Waals surface area contributed by atoms with Gasteiger partial charge in [-0.3, -0.25) is 10.1 Å². The maximum atomic E-state index is 10.9. The molecule has 0 saturated carbocycles. The van der Waals surface area contributed by atoms with Crippen LogP contribution >= 0.6 is 0 Å². The van der Waals surface area contributed by atoms with Gasteiger partial charge in [0, 0.05) is 43.2 Å². The topological polar surface area (TPSA) is 76.4 Å². The van der Waals surface area contributed by atoms with Crippen molar-refractivity contribution < 1.29 is 9.66 Å². The number of hydrogen-bond acceptors (Lipinski definition) is 5. The molecule has 0 aliphatic heterocycles. The van der Waals surface area contributed by atoms with Crippen LogP contribution in [0.25, 0.3) is 0 Å². The summed E-state index contributed by atoms with van der Waals surface area (Å²) in [6, 6.07) is 4.93. The molecule has 0 saturated heterocycles. The molecule has 0 radical (unpaired) electrons. The zero-order valence-electron chi connectivity index (χ0n) is 12.1. The molecule has 6 heteroatoms. The standard InChI is InChI=1S/C14H23N3O3/c1-3-5-7-20-8-6-16-13-9-12(15-4-2)10-14(11-13)17(18)19/h9-11,15-16H,3-8H2,1-2H3. The van der Waals surface area contributed by atoms with Gasteiger partial charge in [-0.1, -0.05) is 13.3 Å². The zero-order valence-corrected chi connectivity index (χ0v) is 12.1. The molecule has 0 spiro atoms. The molecule has 1 aromatic rings. The first kappa shape index (κ1) is 16.2. The summed E-state index contributed by atoms with van der Waals surface area (Å²) >= 11 is 0. The fourth-order valence-electron chi connectivity index (χ4n) is 1.74. The van der Waals surface area contributed by atoms with E-state index in [-0.39, 0.29) is 10.6 Å². The highest BCUT2D eigenvalue weighted by atomic mass is 16.6. The monoisotopic (exact) mass is 281 g/mol. The number of rotatable bonds is 10. The summed E-state index contributed by atoms with van der Waals surface area (Å²) in [7, 11) is 0. The summed E-state index contributed by atoms with van der Waals surface area (Å²) in [5, 5.41) is 17.1. The van der Waals surface area contributed by atoms with E-state index in [1.165, 1.54) is 12.1 Å². The van der Waals surface area contributed by atoms with Crippen molar-refractivity contribution in [3.05, 3.63) is 28.3 Å². The summed E-state index contributed by atoms with van der Waals surface area (Å²) in [5.74, 6) is 0. The van der Waals surface area contributed by atoms with Gasteiger partial charge in [-0.15, -0.1) is 0 Å². The van der Waals surface area contributed by atoms with Crippen molar-refractivity contribution >= 4 is 17.1 Å². The highest BCUT2D eigenvalue weighted by molar-refractivity contribution is 5.63. The molecular weight excluding hydrogens is 258 g/mol. The van der Waals surface area contributed by atoms with Crippen LogP contribution in [-0.2, 0) is 4.74 Å². The second kappa shape index (κ2) is 9.14. The van der Waals surface area contributed by atoms with E-state index in [0.717, 1.165) is 37.4 Å². The smallest absolute Gasteiger partial charge is 0.273 e. The Morgan fingerprint density at radius 3 is 2.45 bits per heavy atom. The van der Waals surface area contributed by atoms with Gasteiger partial charge >= 0.3 is 0 Å². The van der Waals surface area contributed by atoms with Crippen LogP contribution in [0.2, 0.25) is 0 Å². The summed E-state index contributed by atoms with van der Waals surface area (Å²) < 4.78 is 5.44. The minimum atomic E-state index is -0.385. The third-order valence-corrected chi connectivity index (χ3v) is 2.73. The number of hydrogen-bond donors (Lipinski definition) is 2. The second-order valence-electron chi connectivity index (χ2n) is 4.45. The lowest BCUT2D eigenvalue weighted by Gasteiger charge is -2.10. The molecule has 0 amide bonds. The average molecular weight is 281 g/mol. The minimum absolute atomic E-state index is 0.0813. The highest BCUT2D eigenvalue weighted by Crippen LogP contribution is 2.24. The zero-order chi connectivity index (χ0) is 14.8. The average Bonchev–Trinajstić information content (AvgIpc) is 2.43. The summed E-state index contributed by atoms with van der Waals surface area (Å²) in [5.41, 5.74) is 1.56. The SMILES string of the molecule is CCCCOCCNc1cc(NCC)cc([N+](=O)[O-])c1. The first-order valence-corrected chi connectivity index (χ1v) is 7.02. The molecule has 0 heterocycles. The van der Waals surface area contributed by atoms with Crippen molar-refractivity contribution in [2.45, 2.75) is 26.7 Å². The summed E-state index contributed by atoms with van der Waals surface area (Å²) in [4.78, 5) is 10.5. The second-order valence-corrected chi connectivity index (χ2v) is 4.45. The number of nitrogens with one attached hydrogen (secondary N) is 2. The van der Waals surface area contributed by atoms with Crippen LogP contribution in [0.3, 0.4) is 0 Å². The number of nitrogens with zero attached hydrogens (tertiary/aromatic N) is 1. The largest absolute Gasteiger partial charge is 0.385 e. The Hall–Kier alpha value is -1.82. The Morgan fingerprint density at radius 2 is 1.85 bits per heavy atom. The number of benzene rings is 1. The first-order chi connectivity index (χ1) is 9.67. The summed E-state index contributed by atoms with van der Waals surface area (Å²) in [6.07, 6.45) is 2.17. The van der Waals surface area contributed by atoms with Crippen LogP contribution in [0.4, 0.5) is 17.1 Å². The van der Waals surface area contributed by atoms with Crippen LogP contribution in [0.15, 0.2) is 18.2 Å². The van der Waals surface area contributed by atoms with Crippen molar-refractivity contribution in [2.75, 3.05) is 36.9 Å². The molecule has 6 nitrogen and oxygen atoms in total. The van der Waals surface area contributed by atoms with E-state index in [0.29, 0.717) is 13.2 Å². The molecule has 0 aliphatic rings. The molecule has 1 aromatic carbocycles. The van der Waals surface area contributed by atoms with Gasteiger partial charge in [0.1, 0.15) is 0 Å². The van der Waals surface area contributed by atoms with E-state index in [4.69, 9.17) is 4.74 Å². The third kappa shape index (κ3) is 5.88. The number of nitro benzene ring substituents is 1. The predicted octanol–water partition coefficient (Wildman–Crippen LogP) is 3.26. The van der Waals surface area contributed by atoms with E-state index < -0.39 is 0 Å². The number of unbranched alkanes of at least 4 members (excludes halogenated alkanes) is 1. The van der Waals surface area contributed by atoms with E-state index in [2.05, 4.69) is 17.6 Å². The van der Waals surface area contributed by atoms with Crippen LogP contribution in [0.5, 0.6) is 0 Å². The third-order valence-electron chi connectivity index (χ3n) is 2.73. The molecule has 0 atom stereocenters. The lowest BCUT2D eigenvalue weighted by Crippen LogP contribution is -2.10. The van der Waals surface area contributed by atoms with Gasteiger partial charge in [0.15, 0.2) is 0 Å². The Balaban J connectivity index is 2.53. The van der Waals surface area contributed by atoms with Gasteiger partial charge in [0.2, 0.25) is 0 Å². The van der Waals surface area contributed by atoms with E-state index in [1.807, 2.05) is 13.0 Å². The van der Waals surface area contributed by atoms with Gasteiger partial charge in [-0.2, -0.15) is 0 Å². The Bertz CT molecular complexity index is 424. The van der Waals surface area contributed by atoms with Gasteiger partial charge in [-0.25, -0.2) is 0 Å². The van der Waals surface area contributed by atoms with Crippen molar-refractivity contribution in [1.82, 2.24) is 0 Å². The molecule has 20 heavy (non-hydrogen) atoms. The van der Waals surface area contributed by atoms with Crippen LogP contribution in [-0.4, -0.2) is 31.2 Å². The summed E-state index contributed by atoms with van der Waals surface area (Å²) in [6.45, 7) is 6.78. The van der Waals surface area contributed by atoms with Gasteiger partial charge in [0.25, 0.3) is 5.69 Å². The molecule has 0 unspecified atom stereocenters. The molecule has 0 fully saturated rings. The number of ether oxygens (including phenoxy) is 1. The van der Waals surface area contributed by atoms with Crippen LogP contribution in [0.1, 0.15) is 26.7 Å². The molecule has 0 aromatic heterocycles. The Labute approximate surface area is 119 Å². The van der Waals surface area contributed by atoms with Gasteiger partial charge in [-0.05, 0) is 19.4 Å². The Kier molecular flexibility index (Phi) is 7.42. The molecular formula is C14H23N3O3. The fraction of sp³-hybridized carbons (Fsp3) is 0.571. The van der Waals surface area contributed by atoms with Crippen LogP contribution in [0, 0.1) is 10.1 Å². The molecule has 0 bridgehead atoms. The normalized spacial score (nSPS) is 10.3. The molecule has 1 rings (SSSR count).